The van der Waals surface area contributed by atoms with Crippen LogP contribution in [-0.2, 0) is 16.1 Å². The van der Waals surface area contributed by atoms with Gasteiger partial charge in [-0.15, -0.1) is 0 Å². The van der Waals surface area contributed by atoms with E-state index >= 15 is 0 Å². The highest BCUT2D eigenvalue weighted by Crippen LogP contribution is 2.05. The van der Waals surface area contributed by atoms with Crippen molar-refractivity contribution in [2.24, 2.45) is 11.8 Å². The highest BCUT2D eigenvalue weighted by Gasteiger charge is 2.22. The Balaban J connectivity index is 2.58. The zero-order valence-electron chi connectivity index (χ0n) is 13.3. The number of amides is 2. The lowest BCUT2D eigenvalue weighted by molar-refractivity contribution is -0.146. The van der Waals surface area contributed by atoms with E-state index in [9.17, 15) is 9.59 Å². The maximum absolute atomic E-state index is 12.2. The predicted molar refractivity (Wildman–Crippen MR) is 82.3 cm³/mol. The molecule has 116 valence electrons. The van der Waals surface area contributed by atoms with E-state index in [4.69, 9.17) is 0 Å². The molecule has 1 aromatic heterocycles. The fraction of sp³-hybridized carbons (Fsp3) is 0.562. The third-order valence-corrected chi connectivity index (χ3v) is 2.85. The summed E-state index contributed by atoms with van der Waals surface area (Å²) >= 11 is 0. The Morgan fingerprint density at radius 1 is 1.10 bits per heavy atom. The molecule has 0 aliphatic carbocycles. The first-order chi connectivity index (χ1) is 9.90. The Kier molecular flexibility index (Phi) is 6.85. The lowest BCUT2D eigenvalue weighted by atomic mass is 10.1. The predicted octanol–water partition coefficient (Wildman–Crippen LogP) is 1.84. The van der Waals surface area contributed by atoms with Gasteiger partial charge < -0.3 is 10.2 Å². The van der Waals surface area contributed by atoms with Gasteiger partial charge in [-0.1, -0.05) is 27.7 Å². The number of nitrogens with zero attached hydrogens (tertiary/aromatic N) is 2. The van der Waals surface area contributed by atoms with Crippen molar-refractivity contribution in [3.8, 4) is 0 Å². The molecule has 0 bridgehead atoms. The maximum Gasteiger partial charge on any atom is 0.311 e. The molecule has 0 aromatic carbocycles. The SMILES string of the molecule is CC(C)CN(CC(C)C)C(=O)C(=O)NCc1ccncc1. The van der Waals surface area contributed by atoms with Crippen molar-refractivity contribution in [3.63, 3.8) is 0 Å². The lowest BCUT2D eigenvalue weighted by Crippen LogP contribution is -2.45. The lowest BCUT2D eigenvalue weighted by Gasteiger charge is -2.25. The first-order valence-electron chi connectivity index (χ1n) is 7.36. The van der Waals surface area contributed by atoms with Crippen LogP contribution in [-0.4, -0.2) is 34.8 Å². The quantitative estimate of drug-likeness (QED) is 0.813. The van der Waals surface area contributed by atoms with Crippen molar-refractivity contribution in [2.45, 2.75) is 34.2 Å². The molecule has 0 saturated heterocycles. The molecule has 1 rings (SSSR count). The Morgan fingerprint density at radius 2 is 1.62 bits per heavy atom. The molecular weight excluding hydrogens is 266 g/mol. The number of hydrogen-bond acceptors (Lipinski definition) is 3. The van der Waals surface area contributed by atoms with Gasteiger partial charge in [0.05, 0.1) is 0 Å². The molecule has 0 aliphatic heterocycles. The minimum atomic E-state index is -0.548. The van der Waals surface area contributed by atoms with Crippen molar-refractivity contribution in [2.75, 3.05) is 13.1 Å². The molecule has 2 amide bonds. The van der Waals surface area contributed by atoms with Crippen molar-refractivity contribution in [3.05, 3.63) is 30.1 Å². The molecule has 1 N–H and O–H groups in total. The molecule has 0 saturated carbocycles. The van der Waals surface area contributed by atoms with Crippen LogP contribution in [0.4, 0.5) is 0 Å². The first kappa shape index (κ1) is 17.1. The van der Waals surface area contributed by atoms with Gasteiger partial charge in [0.25, 0.3) is 0 Å². The summed E-state index contributed by atoms with van der Waals surface area (Å²) in [6, 6.07) is 3.62. The van der Waals surface area contributed by atoms with Crippen molar-refractivity contribution < 1.29 is 9.59 Å². The number of hydrogen-bond donors (Lipinski definition) is 1. The van der Waals surface area contributed by atoms with Crippen LogP contribution in [0, 0.1) is 11.8 Å². The van der Waals surface area contributed by atoms with Crippen LogP contribution in [0.25, 0.3) is 0 Å². The minimum Gasteiger partial charge on any atom is -0.344 e. The van der Waals surface area contributed by atoms with E-state index in [1.54, 1.807) is 17.3 Å². The van der Waals surface area contributed by atoms with Crippen LogP contribution in [0.5, 0.6) is 0 Å². The van der Waals surface area contributed by atoms with E-state index in [-0.39, 0.29) is 0 Å². The summed E-state index contributed by atoms with van der Waals surface area (Å²) in [6.45, 7) is 9.68. The van der Waals surface area contributed by atoms with Crippen LogP contribution in [0.2, 0.25) is 0 Å². The van der Waals surface area contributed by atoms with E-state index < -0.39 is 11.8 Å². The molecule has 1 heterocycles. The van der Waals surface area contributed by atoms with Crippen LogP contribution in [0.1, 0.15) is 33.3 Å². The van der Waals surface area contributed by atoms with Crippen molar-refractivity contribution >= 4 is 11.8 Å². The monoisotopic (exact) mass is 291 g/mol. The number of pyridine rings is 1. The second-order valence-electron chi connectivity index (χ2n) is 6.04. The summed E-state index contributed by atoms with van der Waals surface area (Å²) in [5.74, 6) is -0.332. The molecule has 1 aromatic rings. The molecule has 0 radical (unpaired) electrons. The summed E-state index contributed by atoms with van der Waals surface area (Å²) in [4.78, 5) is 29.8. The van der Waals surface area contributed by atoms with Gasteiger partial charge in [-0.05, 0) is 29.5 Å². The smallest absolute Gasteiger partial charge is 0.311 e. The third-order valence-electron chi connectivity index (χ3n) is 2.85. The molecule has 0 aliphatic rings. The number of rotatable bonds is 6. The Labute approximate surface area is 126 Å². The van der Waals surface area contributed by atoms with Crippen LogP contribution < -0.4 is 5.32 Å². The van der Waals surface area contributed by atoms with E-state index in [1.807, 2.05) is 39.8 Å². The van der Waals surface area contributed by atoms with Gasteiger partial charge in [0, 0.05) is 32.0 Å². The maximum atomic E-state index is 12.2. The first-order valence-corrected chi connectivity index (χ1v) is 7.36. The van der Waals surface area contributed by atoms with E-state index in [0.717, 1.165) is 5.56 Å². The normalized spacial score (nSPS) is 10.8. The van der Waals surface area contributed by atoms with Crippen molar-refractivity contribution in [1.29, 1.82) is 0 Å². The Bertz CT molecular complexity index is 448. The van der Waals surface area contributed by atoms with Gasteiger partial charge in [-0.2, -0.15) is 0 Å². The average Bonchev–Trinajstić information content (AvgIpc) is 2.43. The molecule has 0 fully saturated rings. The van der Waals surface area contributed by atoms with E-state index in [0.29, 0.717) is 31.5 Å². The molecule has 21 heavy (non-hydrogen) atoms. The molecule has 0 spiro atoms. The van der Waals surface area contributed by atoms with Gasteiger partial charge in [-0.3, -0.25) is 14.6 Å². The summed E-state index contributed by atoms with van der Waals surface area (Å²) in [7, 11) is 0. The number of nitrogens with one attached hydrogen (secondary N) is 1. The standard InChI is InChI=1S/C16H25N3O2/c1-12(2)10-19(11-13(3)4)16(21)15(20)18-9-14-5-7-17-8-6-14/h5-8,12-13H,9-11H2,1-4H3,(H,18,20). The fourth-order valence-electron chi connectivity index (χ4n) is 2.02. The zero-order valence-corrected chi connectivity index (χ0v) is 13.3. The minimum absolute atomic E-state index is 0.334. The van der Waals surface area contributed by atoms with Gasteiger partial charge in [0.2, 0.25) is 0 Å². The van der Waals surface area contributed by atoms with Gasteiger partial charge >= 0.3 is 11.8 Å². The van der Waals surface area contributed by atoms with Crippen LogP contribution >= 0.6 is 0 Å². The fourth-order valence-corrected chi connectivity index (χ4v) is 2.02. The van der Waals surface area contributed by atoms with E-state index in [2.05, 4.69) is 10.3 Å². The highest BCUT2D eigenvalue weighted by molar-refractivity contribution is 6.34. The third kappa shape index (κ3) is 6.38. The summed E-state index contributed by atoms with van der Waals surface area (Å²) < 4.78 is 0. The Hall–Kier alpha value is -1.91. The summed E-state index contributed by atoms with van der Waals surface area (Å²) in [6.07, 6.45) is 3.32. The van der Waals surface area contributed by atoms with Gasteiger partial charge in [0.1, 0.15) is 0 Å². The van der Waals surface area contributed by atoms with Crippen molar-refractivity contribution in [1.82, 2.24) is 15.2 Å². The van der Waals surface area contributed by atoms with Gasteiger partial charge in [0.15, 0.2) is 0 Å². The second kappa shape index (κ2) is 8.39. The highest BCUT2D eigenvalue weighted by atomic mass is 16.2. The zero-order chi connectivity index (χ0) is 15.8. The second-order valence-corrected chi connectivity index (χ2v) is 6.04. The summed E-state index contributed by atoms with van der Waals surface area (Å²) in [5.41, 5.74) is 0.922. The molecular formula is C16H25N3O2. The van der Waals surface area contributed by atoms with E-state index in [1.165, 1.54) is 0 Å². The molecule has 5 heteroatoms. The molecule has 0 unspecified atom stereocenters. The number of carbonyl (C=O) groups is 2. The van der Waals surface area contributed by atoms with Crippen LogP contribution in [0.3, 0.4) is 0 Å². The molecule has 0 atom stereocenters. The Morgan fingerprint density at radius 3 is 2.10 bits per heavy atom. The number of aromatic nitrogens is 1. The molecule has 5 nitrogen and oxygen atoms in total. The topological polar surface area (TPSA) is 62.3 Å². The number of carbonyl (C=O) groups excluding carboxylic acids is 2. The largest absolute Gasteiger partial charge is 0.344 e. The van der Waals surface area contributed by atoms with Gasteiger partial charge in [-0.25, -0.2) is 0 Å². The average molecular weight is 291 g/mol. The summed E-state index contributed by atoms with van der Waals surface area (Å²) in [5, 5.41) is 2.67. The van der Waals surface area contributed by atoms with Crippen LogP contribution in [0.15, 0.2) is 24.5 Å².